The Morgan fingerprint density at radius 2 is 2.20 bits per heavy atom. The third kappa shape index (κ3) is 3.82. The second-order valence-electron chi connectivity index (χ2n) is 4.29. The third-order valence-corrected chi connectivity index (χ3v) is 3.71. The SMILES string of the molecule is CCNCc1cccc(NC(=O)c2cc(OC)cs2)c1. The summed E-state index contributed by atoms with van der Waals surface area (Å²) < 4.78 is 5.08. The van der Waals surface area contributed by atoms with Crippen LogP contribution in [-0.4, -0.2) is 19.6 Å². The van der Waals surface area contributed by atoms with Crippen LogP contribution in [0.3, 0.4) is 0 Å². The summed E-state index contributed by atoms with van der Waals surface area (Å²) in [5.74, 6) is 0.597. The molecule has 0 bridgehead atoms. The minimum atomic E-state index is -0.112. The molecule has 0 aliphatic heterocycles. The average Bonchev–Trinajstić information content (AvgIpc) is 2.94. The number of nitrogens with one attached hydrogen (secondary N) is 2. The molecule has 1 aromatic carbocycles. The molecule has 5 heteroatoms. The third-order valence-electron chi connectivity index (χ3n) is 2.80. The minimum absolute atomic E-state index is 0.112. The maximum Gasteiger partial charge on any atom is 0.265 e. The van der Waals surface area contributed by atoms with Crippen LogP contribution in [0.2, 0.25) is 0 Å². The Balaban J connectivity index is 2.03. The quantitative estimate of drug-likeness (QED) is 0.859. The predicted molar refractivity (Wildman–Crippen MR) is 82.6 cm³/mol. The van der Waals surface area contributed by atoms with Crippen LogP contribution < -0.4 is 15.4 Å². The monoisotopic (exact) mass is 290 g/mol. The highest BCUT2D eigenvalue weighted by molar-refractivity contribution is 7.12. The molecule has 0 fully saturated rings. The van der Waals surface area contributed by atoms with Gasteiger partial charge in [0.05, 0.1) is 12.0 Å². The summed E-state index contributed by atoms with van der Waals surface area (Å²) in [5.41, 5.74) is 1.95. The molecule has 2 N–H and O–H groups in total. The lowest BCUT2D eigenvalue weighted by Gasteiger charge is -2.07. The number of rotatable bonds is 6. The van der Waals surface area contributed by atoms with E-state index in [0.717, 1.165) is 24.3 Å². The topological polar surface area (TPSA) is 50.4 Å². The summed E-state index contributed by atoms with van der Waals surface area (Å²) in [6, 6.07) is 9.58. The van der Waals surface area contributed by atoms with E-state index in [1.807, 2.05) is 29.6 Å². The van der Waals surface area contributed by atoms with E-state index >= 15 is 0 Å². The molecule has 0 aliphatic rings. The number of methoxy groups -OCH3 is 1. The van der Waals surface area contributed by atoms with Gasteiger partial charge in [-0.1, -0.05) is 19.1 Å². The van der Waals surface area contributed by atoms with Crippen molar-refractivity contribution in [2.45, 2.75) is 13.5 Å². The molecule has 2 rings (SSSR count). The second kappa shape index (κ2) is 7.07. The van der Waals surface area contributed by atoms with Crippen molar-refractivity contribution in [3.8, 4) is 5.75 Å². The molecule has 0 radical (unpaired) electrons. The lowest BCUT2D eigenvalue weighted by molar-refractivity contribution is 0.103. The summed E-state index contributed by atoms with van der Waals surface area (Å²) in [6.45, 7) is 3.79. The van der Waals surface area contributed by atoms with Crippen molar-refractivity contribution < 1.29 is 9.53 Å². The molecule has 1 aromatic heterocycles. The van der Waals surface area contributed by atoms with E-state index in [1.165, 1.54) is 11.3 Å². The number of hydrogen-bond acceptors (Lipinski definition) is 4. The van der Waals surface area contributed by atoms with Gasteiger partial charge in [-0.25, -0.2) is 0 Å². The number of anilines is 1. The highest BCUT2D eigenvalue weighted by Crippen LogP contribution is 2.22. The van der Waals surface area contributed by atoms with Crippen LogP contribution in [0.5, 0.6) is 5.75 Å². The molecule has 0 spiro atoms. The second-order valence-corrected chi connectivity index (χ2v) is 5.20. The zero-order valence-corrected chi connectivity index (χ0v) is 12.4. The van der Waals surface area contributed by atoms with Gasteiger partial charge in [-0.15, -0.1) is 11.3 Å². The van der Waals surface area contributed by atoms with Crippen LogP contribution in [0.25, 0.3) is 0 Å². The zero-order chi connectivity index (χ0) is 14.4. The highest BCUT2D eigenvalue weighted by atomic mass is 32.1. The summed E-state index contributed by atoms with van der Waals surface area (Å²) >= 11 is 1.37. The van der Waals surface area contributed by atoms with Crippen LogP contribution in [-0.2, 0) is 6.54 Å². The fraction of sp³-hybridized carbons (Fsp3) is 0.267. The van der Waals surface area contributed by atoms with Crippen LogP contribution in [0.15, 0.2) is 35.7 Å². The molecular weight excluding hydrogens is 272 g/mol. The number of carbonyl (C=O) groups is 1. The first-order valence-electron chi connectivity index (χ1n) is 6.46. The number of amides is 1. The minimum Gasteiger partial charge on any atom is -0.496 e. The Labute approximate surface area is 122 Å². The summed E-state index contributed by atoms with van der Waals surface area (Å²) in [4.78, 5) is 12.7. The number of thiophene rings is 1. The molecule has 106 valence electrons. The molecule has 1 amide bonds. The average molecular weight is 290 g/mol. The van der Waals surface area contributed by atoms with E-state index in [-0.39, 0.29) is 5.91 Å². The fourth-order valence-corrected chi connectivity index (χ4v) is 2.52. The van der Waals surface area contributed by atoms with Crippen molar-refractivity contribution in [3.63, 3.8) is 0 Å². The molecule has 1 heterocycles. The van der Waals surface area contributed by atoms with Crippen molar-refractivity contribution in [2.75, 3.05) is 19.0 Å². The summed E-state index contributed by atoms with van der Waals surface area (Å²) in [6.07, 6.45) is 0. The predicted octanol–water partition coefficient (Wildman–Crippen LogP) is 3.12. The zero-order valence-electron chi connectivity index (χ0n) is 11.6. The first-order chi connectivity index (χ1) is 9.72. The first-order valence-corrected chi connectivity index (χ1v) is 7.34. The van der Waals surface area contributed by atoms with E-state index in [1.54, 1.807) is 13.2 Å². The molecule has 0 unspecified atom stereocenters. The fourth-order valence-electron chi connectivity index (χ4n) is 1.77. The summed E-state index contributed by atoms with van der Waals surface area (Å²) in [7, 11) is 1.59. The normalized spacial score (nSPS) is 10.3. The lowest BCUT2D eigenvalue weighted by Crippen LogP contribution is -2.13. The van der Waals surface area contributed by atoms with Crippen molar-refractivity contribution >= 4 is 22.9 Å². The van der Waals surface area contributed by atoms with Gasteiger partial charge in [0.25, 0.3) is 5.91 Å². The molecule has 0 atom stereocenters. The molecular formula is C15H18N2O2S. The van der Waals surface area contributed by atoms with E-state index in [9.17, 15) is 4.79 Å². The van der Waals surface area contributed by atoms with Crippen molar-refractivity contribution in [1.82, 2.24) is 5.32 Å². The van der Waals surface area contributed by atoms with Gasteiger partial charge in [0.1, 0.15) is 5.75 Å². The lowest BCUT2D eigenvalue weighted by atomic mass is 10.2. The highest BCUT2D eigenvalue weighted by Gasteiger charge is 2.09. The van der Waals surface area contributed by atoms with Gasteiger partial charge in [0.15, 0.2) is 0 Å². The van der Waals surface area contributed by atoms with Crippen molar-refractivity contribution in [1.29, 1.82) is 0 Å². The largest absolute Gasteiger partial charge is 0.496 e. The Bertz CT molecular complexity index is 581. The van der Waals surface area contributed by atoms with Crippen molar-refractivity contribution in [2.24, 2.45) is 0 Å². The Morgan fingerprint density at radius 1 is 1.35 bits per heavy atom. The first kappa shape index (κ1) is 14.6. The Hall–Kier alpha value is -1.85. The summed E-state index contributed by atoms with van der Waals surface area (Å²) in [5, 5.41) is 7.98. The van der Waals surface area contributed by atoms with E-state index in [0.29, 0.717) is 10.6 Å². The maximum absolute atomic E-state index is 12.1. The van der Waals surface area contributed by atoms with Crippen LogP contribution in [0.4, 0.5) is 5.69 Å². The molecule has 4 nitrogen and oxygen atoms in total. The molecule has 20 heavy (non-hydrogen) atoms. The molecule has 0 saturated heterocycles. The van der Waals surface area contributed by atoms with Crippen LogP contribution >= 0.6 is 11.3 Å². The van der Waals surface area contributed by atoms with Gasteiger partial charge < -0.3 is 15.4 Å². The maximum atomic E-state index is 12.1. The van der Waals surface area contributed by atoms with Gasteiger partial charge in [0.2, 0.25) is 0 Å². The van der Waals surface area contributed by atoms with Gasteiger partial charge in [0, 0.05) is 23.7 Å². The molecule has 0 aliphatic carbocycles. The van der Waals surface area contributed by atoms with E-state index < -0.39 is 0 Å². The van der Waals surface area contributed by atoms with E-state index in [2.05, 4.69) is 17.6 Å². The van der Waals surface area contributed by atoms with Crippen molar-refractivity contribution in [3.05, 3.63) is 46.2 Å². The van der Waals surface area contributed by atoms with Gasteiger partial charge in [-0.05, 0) is 24.2 Å². The van der Waals surface area contributed by atoms with E-state index in [4.69, 9.17) is 4.74 Å². The Kier molecular flexibility index (Phi) is 5.15. The van der Waals surface area contributed by atoms with Crippen LogP contribution in [0, 0.1) is 0 Å². The van der Waals surface area contributed by atoms with Crippen LogP contribution in [0.1, 0.15) is 22.2 Å². The number of ether oxygens (including phenoxy) is 1. The Morgan fingerprint density at radius 3 is 2.90 bits per heavy atom. The van der Waals surface area contributed by atoms with Gasteiger partial charge >= 0.3 is 0 Å². The van der Waals surface area contributed by atoms with Gasteiger partial charge in [-0.2, -0.15) is 0 Å². The van der Waals surface area contributed by atoms with Gasteiger partial charge in [-0.3, -0.25) is 4.79 Å². The number of benzene rings is 1. The molecule has 0 saturated carbocycles. The standard InChI is InChI=1S/C15H18N2O2S/c1-3-16-9-11-5-4-6-12(7-11)17-15(18)14-8-13(19-2)10-20-14/h4-8,10,16H,3,9H2,1-2H3,(H,17,18). The molecule has 2 aromatic rings. The smallest absolute Gasteiger partial charge is 0.265 e. The number of carbonyl (C=O) groups excluding carboxylic acids is 1. The number of hydrogen-bond donors (Lipinski definition) is 2.